The summed E-state index contributed by atoms with van der Waals surface area (Å²) >= 11 is 0. The molecule has 1 aliphatic carbocycles. The van der Waals surface area contributed by atoms with Gasteiger partial charge in [-0.15, -0.1) is 0 Å². The fourth-order valence-electron chi connectivity index (χ4n) is 7.93. The SMILES string of the molecule is c1ccc(N(c2ccc(-c3cccc4c3-c3ccccc3C4(c3ccccc3)c3ccccc3)cc2)c2cccc3ccccc23)cc1. The molecule has 0 atom stereocenters. The third-order valence-electron chi connectivity index (χ3n) is 9.94. The van der Waals surface area contributed by atoms with E-state index in [-0.39, 0.29) is 0 Å². The molecule has 0 N–H and O–H groups in total. The lowest BCUT2D eigenvalue weighted by Gasteiger charge is -2.34. The van der Waals surface area contributed by atoms with Crippen molar-refractivity contribution in [1.82, 2.24) is 0 Å². The van der Waals surface area contributed by atoms with Crippen LogP contribution in [-0.2, 0) is 5.41 Å². The van der Waals surface area contributed by atoms with E-state index in [0.717, 1.165) is 17.1 Å². The highest BCUT2D eigenvalue weighted by molar-refractivity contribution is 5.99. The average Bonchev–Trinajstić information content (AvgIpc) is 3.48. The quantitative estimate of drug-likeness (QED) is 0.181. The molecule has 0 aliphatic heterocycles. The highest BCUT2D eigenvalue weighted by Gasteiger charge is 2.46. The molecule has 0 unspecified atom stereocenters. The van der Waals surface area contributed by atoms with Crippen molar-refractivity contribution in [2.45, 2.75) is 5.41 Å². The smallest absolute Gasteiger partial charge is 0.0713 e. The van der Waals surface area contributed by atoms with Gasteiger partial charge in [-0.25, -0.2) is 0 Å². The van der Waals surface area contributed by atoms with Gasteiger partial charge in [0, 0.05) is 16.8 Å². The molecular weight excluding hydrogens is 579 g/mol. The molecule has 0 fully saturated rings. The van der Waals surface area contributed by atoms with E-state index in [9.17, 15) is 0 Å². The van der Waals surface area contributed by atoms with Crippen LogP contribution in [0.25, 0.3) is 33.0 Å². The van der Waals surface area contributed by atoms with Gasteiger partial charge in [-0.3, -0.25) is 0 Å². The van der Waals surface area contributed by atoms with Crippen LogP contribution in [0.3, 0.4) is 0 Å². The molecule has 0 radical (unpaired) electrons. The summed E-state index contributed by atoms with van der Waals surface area (Å²) in [6, 6.07) is 72.8. The summed E-state index contributed by atoms with van der Waals surface area (Å²) in [5.41, 5.74) is 13.3. The summed E-state index contributed by atoms with van der Waals surface area (Å²) < 4.78 is 0. The van der Waals surface area contributed by atoms with Crippen molar-refractivity contribution in [2.24, 2.45) is 0 Å². The van der Waals surface area contributed by atoms with Crippen LogP contribution < -0.4 is 4.90 Å². The van der Waals surface area contributed by atoms with Crippen LogP contribution in [0.5, 0.6) is 0 Å². The molecule has 0 saturated heterocycles. The molecule has 1 nitrogen and oxygen atoms in total. The molecule has 9 rings (SSSR count). The summed E-state index contributed by atoms with van der Waals surface area (Å²) in [4.78, 5) is 2.37. The van der Waals surface area contributed by atoms with Crippen LogP contribution in [0.15, 0.2) is 200 Å². The largest absolute Gasteiger partial charge is 0.310 e. The number of para-hydroxylation sites is 1. The van der Waals surface area contributed by atoms with Crippen LogP contribution >= 0.6 is 0 Å². The Morgan fingerprint density at radius 2 is 0.875 bits per heavy atom. The molecule has 226 valence electrons. The van der Waals surface area contributed by atoms with E-state index in [1.54, 1.807) is 0 Å². The zero-order chi connectivity index (χ0) is 31.9. The lowest BCUT2D eigenvalue weighted by molar-refractivity contribution is 0.768. The summed E-state index contributed by atoms with van der Waals surface area (Å²) in [7, 11) is 0. The zero-order valence-corrected chi connectivity index (χ0v) is 26.5. The second-order valence-corrected chi connectivity index (χ2v) is 12.5. The summed E-state index contributed by atoms with van der Waals surface area (Å²) in [6.45, 7) is 0. The van der Waals surface area contributed by atoms with Crippen LogP contribution in [0, 0.1) is 0 Å². The maximum Gasteiger partial charge on any atom is 0.0713 e. The van der Waals surface area contributed by atoms with Crippen LogP contribution in [-0.4, -0.2) is 0 Å². The number of hydrogen-bond donors (Lipinski definition) is 0. The van der Waals surface area contributed by atoms with E-state index < -0.39 is 5.41 Å². The Balaban J connectivity index is 1.23. The fraction of sp³-hybridized carbons (Fsp3) is 0.0213. The lowest BCUT2D eigenvalue weighted by Crippen LogP contribution is -2.28. The van der Waals surface area contributed by atoms with E-state index >= 15 is 0 Å². The van der Waals surface area contributed by atoms with E-state index in [1.165, 1.54) is 55.3 Å². The van der Waals surface area contributed by atoms with Crippen molar-refractivity contribution < 1.29 is 0 Å². The van der Waals surface area contributed by atoms with Gasteiger partial charge in [-0.05, 0) is 80.2 Å². The Labute approximate surface area is 282 Å². The van der Waals surface area contributed by atoms with Crippen LogP contribution in [0.1, 0.15) is 22.3 Å². The molecule has 0 amide bonds. The number of rotatable bonds is 6. The number of nitrogens with zero attached hydrogens (tertiary/aromatic N) is 1. The molecule has 0 bridgehead atoms. The van der Waals surface area contributed by atoms with Crippen LogP contribution in [0.4, 0.5) is 17.1 Å². The predicted octanol–water partition coefficient (Wildman–Crippen LogP) is 12.3. The van der Waals surface area contributed by atoms with Gasteiger partial charge in [-0.1, -0.05) is 170 Å². The Morgan fingerprint density at radius 1 is 0.354 bits per heavy atom. The minimum Gasteiger partial charge on any atom is -0.310 e. The Kier molecular flexibility index (Phi) is 6.76. The molecule has 0 aromatic heterocycles. The van der Waals surface area contributed by atoms with Crippen molar-refractivity contribution in [1.29, 1.82) is 0 Å². The van der Waals surface area contributed by atoms with E-state index in [0.29, 0.717) is 0 Å². The van der Waals surface area contributed by atoms with Gasteiger partial charge in [0.25, 0.3) is 0 Å². The van der Waals surface area contributed by atoms with Crippen molar-refractivity contribution >= 4 is 27.8 Å². The Morgan fingerprint density at radius 3 is 1.60 bits per heavy atom. The van der Waals surface area contributed by atoms with E-state index in [4.69, 9.17) is 0 Å². The van der Waals surface area contributed by atoms with Gasteiger partial charge in [0.2, 0.25) is 0 Å². The first-order chi connectivity index (χ1) is 23.8. The van der Waals surface area contributed by atoms with Gasteiger partial charge < -0.3 is 4.90 Å². The second-order valence-electron chi connectivity index (χ2n) is 12.5. The van der Waals surface area contributed by atoms with E-state index in [2.05, 4.69) is 205 Å². The standard InChI is InChI=1S/C47H33N/c1-4-18-36(19-5-1)47(37-20-6-2-7-21-37)43-27-13-12-25-42(43)46-41(26-15-28-44(46)47)35-30-32-39(33-31-35)48(38-22-8-3-9-23-38)45-29-14-17-34-16-10-11-24-40(34)45/h1-33H. The first-order valence-corrected chi connectivity index (χ1v) is 16.6. The topological polar surface area (TPSA) is 3.24 Å². The summed E-state index contributed by atoms with van der Waals surface area (Å²) in [5.74, 6) is 0. The number of hydrogen-bond acceptors (Lipinski definition) is 1. The molecule has 1 aliphatic rings. The third-order valence-corrected chi connectivity index (χ3v) is 9.94. The fourth-order valence-corrected chi connectivity index (χ4v) is 7.93. The van der Waals surface area contributed by atoms with Crippen molar-refractivity contribution in [3.05, 3.63) is 222 Å². The first kappa shape index (κ1) is 28.1. The Bertz CT molecular complexity index is 2330. The molecule has 8 aromatic rings. The maximum atomic E-state index is 2.37. The minimum atomic E-state index is -0.414. The molecule has 0 saturated carbocycles. The summed E-state index contributed by atoms with van der Waals surface area (Å²) in [5, 5.41) is 2.45. The van der Waals surface area contributed by atoms with Crippen molar-refractivity contribution in [2.75, 3.05) is 4.90 Å². The number of anilines is 3. The second kappa shape index (κ2) is 11.6. The highest BCUT2D eigenvalue weighted by Crippen LogP contribution is 2.58. The lowest BCUT2D eigenvalue weighted by atomic mass is 9.67. The van der Waals surface area contributed by atoms with E-state index in [1.807, 2.05) is 0 Å². The summed E-state index contributed by atoms with van der Waals surface area (Å²) in [6.07, 6.45) is 0. The monoisotopic (exact) mass is 611 g/mol. The highest BCUT2D eigenvalue weighted by atomic mass is 15.1. The Hall–Kier alpha value is -6.18. The molecule has 1 heteroatoms. The van der Waals surface area contributed by atoms with Crippen molar-refractivity contribution in [3.8, 4) is 22.3 Å². The molecule has 0 heterocycles. The minimum absolute atomic E-state index is 0.414. The van der Waals surface area contributed by atoms with Gasteiger partial charge >= 0.3 is 0 Å². The third kappa shape index (κ3) is 4.32. The predicted molar refractivity (Wildman–Crippen MR) is 201 cm³/mol. The van der Waals surface area contributed by atoms with Gasteiger partial charge in [0.15, 0.2) is 0 Å². The van der Waals surface area contributed by atoms with Crippen molar-refractivity contribution in [3.63, 3.8) is 0 Å². The van der Waals surface area contributed by atoms with Gasteiger partial charge in [-0.2, -0.15) is 0 Å². The molecular formula is C47H33N. The normalized spacial score (nSPS) is 12.8. The van der Waals surface area contributed by atoms with Crippen LogP contribution in [0.2, 0.25) is 0 Å². The first-order valence-electron chi connectivity index (χ1n) is 16.6. The maximum absolute atomic E-state index is 2.37. The molecule has 48 heavy (non-hydrogen) atoms. The number of fused-ring (bicyclic) bond motifs is 4. The number of benzene rings is 8. The average molecular weight is 612 g/mol. The zero-order valence-electron chi connectivity index (χ0n) is 26.5. The molecule has 0 spiro atoms. The van der Waals surface area contributed by atoms with Gasteiger partial charge in [0.05, 0.1) is 11.1 Å². The molecule has 8 aromatic carbocycles. The van der Waals surface area contributed by atoms with Gasteiger partial charge in [0.1, 0.15) is 0 Å².